The van der Waals surface area contributed by atoms with Crippen LogP contribution < -0.4 is 5.43 Å². The lowest BCUT2D eigenvalue weighted by molar-refractivity contribution is -0.342. The number of hydrogen-bond acceptors (Lipinski definition) is 16. The first-order valence-electron chi connectivity index (χ1n) is 13.0. The third-order valence-electron chi connectivity index (χ3n) is 7.55. The molecule has 43 heavy (non-hydrogen) atoms. The van der Waals surface area contributed by atoms with Crippen LogP contribution in [0.2, 0.25) is 0 Å². The molecule has 16 heteroatoms. The largest absolute Gasteiger partial charge is 0.507 e. The first-order valence-corrected chi connectivity index (χ1v) is 13.0. The zero-order valence-corrected chi connectivity index (χ0v) is 22.0. The molecule has 5 rings (SSSR count). The van der Waals surface area contributed by atoms with Crippen molar-refractivity contribution in [1.82, 2.24) is 0 Å². The summed E-state index contributed by atoms with van der Waals surface area (Å²) in [5.41, 5.74) is -1.66. The fourth-order valence-corrected chi connectivity index (χ4v) is 5.22. The number of ether oxygens (including phenoxy) is 3. The van der Waals surface area contributed by atoms with Crippen molar-refractivity contribution in [2.45, 2.75) is 61.2 Å². The van der Waals surface area contributed by atoms with Gasteiger partial charge >= 0.3 is 0 Å². The van der Waals surface area contributed by atoms with E-state index in [0.29, 0.717) is 0 Å². The van der Waals surface area contributed by atoms with E-state index in [1.807, 2.05) is 0 Å². The molecule has 16 nitrogen and oxygen atoms in total. The van der Waals surface area contributed by atoms with Crippen LogP contribution in [0.5, 0.6) is 23.0 Å². The summed E-state index contributed by atoms with van der Waals surface area (Å²) < 4.78 is 22.7. The van der Waals surface area contributed by atoms with Gasteiger partial charge in [0.1, 0.15) is 77.6 Å². The molecule has 2 aliphatic heterocycles. The van der Waals surface area contributed by atoms with Gasteiger partial charge in [-0.25, -0.2) is 0 Å². The molecule has 11 N–H and O–H groups in total. The molecule has 2 aromatic carbocycles. The maximum Gasteiger partial charge on any atom is 0.197 e. The highest BCUT2D eigenvalue weighted by Crippen LogP contribution is 2.45. The number of aliphatic hydroxyl groups is 7. The summed E-state index contributed by atoms with van der Waals surface area (Å²) in [7, 11) is 0. The molecular weight excluding hydrogens is 580 g/mol. The Morgan fingerprint density at radius 1 is 0.698 bits per heavy atom. The number of phenolic OH excluding ortho intramolecular Hbond substituents is 4. The van der Waals surface area contributed by atoms with Crippen LogP contribution in [-0.2, 0) is 14.2 Å². The van der Waals surface area contributed by atoms with Gasteiger partial charge in [-0.05, 0) is 18.2 Å². The average Bonchev–Trinajstić information content (AvgIpc) is 2.97. The van der Waals surface area contributed by atoms with Crippen LogP contribution in [0, 0.1) is 0 Å². The smallest absolute Gasteiger partial charge is 0.197 e. The second kappa shape index (κ2) is 11.9. The van der Waals surface area contributed by atoms with E-state index in [2.05, 4.69) is 0 Å². The summed E-state index contributed by atoms with van der Waals surface area (Å²) in [4.78, 5) is 13.2. The molecule has 2 fully saturated rings. The fourth-order valence-electron chi connectivity index (χ4n) is 5.22. The van der Waals surface area contributed by atoms with E-state index < -0.39 is 119 Å². The van der Waals surface area contributed by atoms with Gasteiger partial charge < -0.3 is 74.8 Å². The van der Waals surface area contributed by atoms with Crippen LogP contribution >= 0.6 is 0 Å². The lowest BCUT2D eigenvalue weighted by Crippen LogP contribution is -2.62. The van der Waals surface area contributed by atoms with E-state index in [1.165, 1.54) is 6.07 Å². The number of fused-ring (bicyclic) bond motifs is 1. The molecule has 10 atom stereocenters. The van der Waals surface area contributed by atoms with E-state index in [4.69, 9.17) is 18.6 Å². The van der Waals surface area contributed by atoms with Crippen molar-refractivity contribution in [3.05, 3.63) is 46.1 Å². The Balaban J connectivity index is 1.67. The number of hydrogen-bond donors (Lipinski definition) is 11. The van der Waals surface area contributed by atoms with Crippen LogP contribution in [0.3, 0.4) is 0 Å². The van der Waals surface area contributed by atoms with Gasteiger partial charge in [-0.1, -0.05) is 0 Å². The summed E-state index contributed by atoms with van der Waals surface area (Å²) in [6, 6.07) is 5.24. The summed E-state index contributed by atoms with van der Waals surface area (Å²) in [6.45, 7) is -1.66. The summed E-state index contributed by atoms with van der Waals surface area (Å²) in [5.74, 6) is -2.70. The first kappa shape index (κ1) is 30.9. The van der Waals surface area contributed by atoms with Gasteiger partial charge in [-0.3, -0.25) is 4.79 Å². The van der Waals surface area contributed by atoms with Gasteiger partial charge in [0, 0.05) is 17.7 Å². The lowest BCUT2D eigenvalue weighted by Gasteiger charge is -2.46. The minimum absolute atomic E-state index is 0.0884. The lowest BCUT2D eigenvalue weighted by atomic mass is 9.89. The molecule has 1 aromatic heterocycles. The van der Waals surface area contributed by atoms with Gasteiger partial charge in [-0.15, -0.1) is 0 Å². The van der Waals surface area contributed by atoms with Gasteiger partial charge in [0.25, 0.3) is 0 Å². The summed E-state index contributed by atoms with van der Waals surface area (Å²) >= 11 is 0. The number of phenols is 4. The third kappa shape index (κ3) is 5.38. The van der Waals surface area contributed by atoms with Crippen molar-refractivity contribution in [2.75, 3.05) is 13.2 Å². The Bertz CT molecular complexity index is 1540. The second-order valence-electron chi connectivity index (χ2n) is 10.3. The van der Waals surface area contributed by atoms with Gasteiger partial charge in [0.15, 0.2) is 28.8 Å². The zero-order valence-electron chi connectivity index (χ0n) is 22.0. The Morgan fingerprint density at radius 2 is 1.35 bits per heavy atom. The summed E-state index contributed by atoms with van der Waals surface area (Å²) in [6.07, 6.45) is -17.7. The molecule has 2 saturated heterocycles. The quantitative estimate of drug-likeness (QED) is 0.130. The molecule has 0 saturated carbocycles. The highest BCUT2D eigenvalue weighted by Gasteiger charge is 2.52. The highest BCUT2D eigenvalue weighted by molar-refractivity contribution is 5.89. The molecule has 234 valence electrons. The van der Waals surface area contributed by atoms with Crippen molar-refractivity contribution in [3.63, 3.8) is 0 Å². The predicted octanol–water partition coefficient (Wildman–Crippen LogP) is -2.38. The second-order valence-corrected chi connectivity index (χ2v) is 10.3. The summed E-state index contributed by atoms with van der Waals surface area (Å²) in [5, 5.41) is 113. The van der Waals surface area contributed by atoms with Gasteiger partial charge in [0.05, 0.1) is 18.8 Å². The highest BCUT2D eigenvalue weighted by atomic mass is 16.7. The van der Waals surface area contributed by atoms with E-state index >= 15 is 0 Å². The average molecular weight is 611 g/mol. The van der Waals surface area contributed by atoms with Crippen LogP contribution in [0.4, 0.5) is 0 Å². The van der Waals surface area contributed by atoms with Crippen molar-refractivity contribution >= 4 is 11.0 Å². The maximum atomic E-state index is 13.2. The Morgan fingerprint density at radius 3 is 2.00 bits per heavy atom. The Hall–Kier alpha value is -3.55. The minimum atomic E-state index is -1.95. The molecule has 0 bridgehead atoms. The van der Waals surface area contributed by atoms with Crippen LogP contribution in [0.1, 0.15) is 11.7 Å². The molecule has 0 amide bonds. The Labute approximate surface area is 241 Å². The minimum Gasteiger partial charge on any atom is -0.507 e. The van der Waals surface area contributed by atoms with E-state index in [1.54, 1.807) is 0 Å². The standard InChI is InChI=1S/C27H30O16/c28-6-15-20(36)22(38)26(43-27-23(39)21(37)19(35)16(7-29)42-27)25(41-15)18-12(33)4-11(32)17-13(34)5-14(40-24(17)18)8-1-2-9(30)10(31)3-8/h1-5,15-16,19-23,25-33,35-39H,6-7H2/t15-,16?,19?,20?,21?,22+,23+,25?,26?,27-/m1/s1. The van der Waals surface area contributed by atoms with Gasteiger partial charge in [0.2, 0.25) is 0 Å². The number of aromatic hydroxyl groups is 4. The predicted molar refractivity (Wildman–Crippen MR) is 140 cm³/mol. The van der Waals surface area contributed by atoms with Crippen LogP contribution in [0.15, 0.2) is 39.5 Å². The van der Waals surface area contributed by atoms with Crippen molar-refractivity contribution in [1.29, 1.82) is 0 Å². The van der Waals surface area contributed by atoms with E-state index in [9.17, 15) is 61.0 Å². The molecule has 0 aliphatic carbocycles. The molecule has 0 spiro atoms. The van der Waals surface area contributed by atoms with Crippen molar-refractivity contribution in [2.24, 2.45) is 0 Å². The Kier molecular flexibility index (Phi) is 8.52. The topological polar surface area (TPSA) is 280 Å². The maximum absolute atomic E-state index is 13.2. The molecule has 0 radical (unpaired) electrons. The van der Waals surface area contributed by atoms with E-state index in [0.717, 1.165) is 24.3 Å². The normalized spacial score (nSPS) is 33.1. The number of rotatable bonds is 6. The molecule has 3 heterocycles. The molecule has 2 aliphatic rings. The third-order valence-corrected chi connectivity index (χ3v) is 7.55. The zero-order chi connectivity index (χ0) is 31.3. The van der Waals surface area contributed by atoms with Crippen LogP contribution in [0.25, 0.3) is 22.3 Å². The van der Waals surface area contributed by atoms with Crippen molar-refractivity contribution < 1.29 is 74.8 Å². The molecule has 3 aromatic rings. The van der Waals surface area contributed by atoms with Gasteiger partial charge in [-0.2, -0.15) is 0 Å². The number of benzene rings is 2. The van der Waals surface area contributed by atoms with Crippen molar-refractivity contribution in [3.8, 4) is 34.3 Å². The molecular formula is C27H30O16. The first-order chi connectivity index (χ1) is 20.4. The molecule has 6 unspecified atom stereocenters. The SMILES string of the molecule is O=c1cc(-c2ccc(O)c(O)c2)oc2c(C3O[C@H](CO)C(O)[C@H](O)C3O[C@H]3OC(CO)C(O)C(O)[C@@H]3O)c(O)cc(O)c12. The van der Waals surface area contributed by atoms with E-state index in [-0.39, 0.29) is 11.3 Å². The number of aliphatic hydroxyl groups excluding tert-OH is 7. The fraction of sp³-hybridized carbons (Fsp3) is 0.444. The monoisotopic (exact) mass is 610 g/mol. The van der Waals surface area contributed by atoms with Crippen LogP contribution in [-0.4, -0.2) is 125 Å².